The standard InChI is InChI=1S/C8H9N3O2/c12-8(11-5-2-6-13-11)7-9-3-1-4-10-7/h1,3-4H,2,5-6H2. The number of hydrogen-bond donors (Lipinski definition) is 0. The van der Waals surface area contributed by atoms with Crippen LogP contribution in [0.1, 0.15) is 17.0 Å². The second kappa shape index (κ2) is 3.49. The summed E-state index contributed by atoms with van der Waals surface area (Å²) >= 11 is 0. The van der Waals surface area contributed by atoms with Gasteiger partial charge in [-0.05, 0) is 12.5 Å². The van der Waals surface area contributed by atoms with E-state index in [0.29, 0.717) is 13.2 Å². The minimum absolute atomic E-state index is 0.185. The Bertz CT molecular complexity index is 296. The lowest BCUT2D eigenvalue weighted by Gasteiger charge is -2.11. The predicted octanol–water partition coefficient (Wildman–Crippen LogP) is 0.254. The van der Waals surface area contributed by atoms with Crippen molar-refractivity contribution < 1.29 is 9.63 Å². The molecule has 1 fully saturated rings. The van der Waals surface area contributed by atoms with Gasteiger partial charge >= 0.3 is 5.91 Å². The maximum Gasteiger partial charge on any atom is 0.315 e. The number of hydrogen-bond acceptors (Lipinski definition) is 4. The molecule has 13 heavy (non-hydrogen) atoms. The van der Waals surface area contributed by atoms with Gasteiger partial charge in [0.15, 0.2) is 0 Å². The monoisotopic (exact) mass is 179 g/mol. The SMILES string of the molecule is O=C(c1ncccn1)N1CCCO1. The van der Waals surface area contributed by atoms with Gasteiger partial charge in [0.2, 0.25) is 5.82 Å². The van der Waals surface area contributed by atoms with Crippen molar-refractivity contribution in [3.8, 4) is 0 Å². The van der Waals surface area contributed by atoms with Crippen molar-refractivity contribution in [2.24, 2.45) is 0 Å². The van der Waals surface area contributed by atoms with Crippen LogP contribution in [0.25, 0.3) is 0 Å². The van der Waals surface area contributed by atoms with E-state index in [4.69, 9.17) is 4.84 Å². The number of amides is 1. The van der Waals surface area contributed by atoms with Gasteiger partial charge in [0.25, 0.3) is 0 Å². The molecule has 0 unspecified atom stereocenters. The first-order chi connectivity index (χ1) is 6.38. The van der Waals surface area contributed by atoms with E-state index < -0.39 is 0 Å². The number of hydroxylamine groups is 2. The molecule has 0 spiro atoms. The third kappa shape index (κ3) is 1.65. The molecule has 0 bridgehead atoms. The summed E-state index contributed by atoms with van der Waals surface area (Å²) in [5.41, 5.74) is 0. The van der Waals surface area contributed by atoms with Crippen molar-refractivity contribution in [3.05, 3.63) is 24.3 Å². The molecule has 0 aliphatic carbocycles. The van der Waals surface area contributed by atoms with E-state index in [0.717, 1.165) is 6.42 Å². The van der Waals surface area contributed by atoms with Crippen LogP contribution in [0.5, 0.6) is 0 Å². The Balaban J connectivity index is 2.13. The van der Waals surface area contributed by atoms with E-state index in [1.165, 1.54) is 17.5 Å². The summed E-state index contributed by atoms with van der Waals surface area (Å²) in [6.45, 7) is 1.22. The van der Waals surface area contributed by atoms with Gasteiger partial charge in [-0.3, -0.25) is 9.63 Å². The van der Waals surface area contributed by atoms with Gasteiger partial charge in [-0.2, -0.15) is 0 Å². The molecule has 2 heterocycles. The normalized spacial score (nSPS) is 16.2. The highest BCUT2D eigenvalue weighted by atomic mass is 16.7. The topological polar surface area (TPSA) is 55.3 Å². The average Bonchev–Trinajstić information content (AvgIpc) is 2.71. The summed E-state index contributed by atoms with van der Waals surface area (Å²) in [5.74, 6) is -0.0810. The zero-order valence-corrected chi connectivity index (χ0v) is 7.01. The Morgan fingerprint density at radius 1 is 1.46 bits per heavy atom. The molecule has 2 rings (SSSR count). The minimum atomic E-state index is -0.266. The minimum Gasteiger partial charge on any atom is -0.271 e. The summed E-state index contributed by atoms with van der Waals surface area (Å²) in [7, 11) is 0. The molecule has 5 heteroatoms. The Hall–Kier alpha value is -1.49. The average molecular weight is 179 g/mol. The Labute approximate surface area is 75.3 Å². The highest BCUT2D eigenvalue weighted by Crippen LogP contribution is 2.07. The molecule has 1 aromatic rings. The highest BCUT2D eigenvalue weighted by Gasteiger charge is 2.22. The molecule has 1 aromatic heterocycles. The fourth-order valence-electron chi connectivity index (χ4n) is 1.13. The van der Waals surface area contributed by atoms with E-state index in [-0.39, 0.29) is 11.7 Å². The molecule has 0 aromatic carbocycles. The largest absolute Gasteiger partial charge is 0.315 e. The van der Waals surface area contributed by atoms with Crippen LogP contribution in [-0.4, -0.2) is 34.1 Å². The number of aromatic nitrogens is 2. The van der Waals surface area contributed by atoms with Gasteiger partial charge in [0.05, 0.1) is 13.2 Å². The zero-order valence-electron chi connectivity index (χ0n) is 7.01. The van der Waals surface area contributed by atoms with Crippen LogP contribution in [0.15, 0.2) is 18.5 Å². The van der Waals surface area contributed by atoms with E-state index in [1.54, 1.807) is 6.07 Å². The summed E-state index contributed by atoms with van der Waals surface area (Å²) in [5, 5.41) is 1.30. The Morgan fingerprint density at radius 3 is 2.85 bits per heavy atom. The van der Waals surface area contributed by atoms with E-state index in [1.807, 2.05) is 0 Å². The molecule has 1 aliphatic heterocycles. The first kappa shape index (κ1) is 8.12. The number of carbonyl (C=O) groups is 1. The summed E-state index contributed by atoms with van der Waals surface area (Å²) in [6.07, 6.45) is 3.95. The lowest BCUT2D eigenvalue weighted by atomic mass is 10.4. The summed E-state index contributed by atoms with van der Waals surface area (Å²) in [4.78, 5) is 24.3. The molecular weight excluding hydrogens is 170 g/mol. The van der Waals surface area contributed by atoms with Crippen molar-refractivity contribution in [2.45, 2.75) is 6.42 Å². The van der Waals surface area contributed by atoms with Crippen LogP contribution >= 0.6 is 0 Å². The third-order valence-electron chi connectivity index (χ3n) is 1.74. The molecule has 1 amide bonds. The quantitative estimate of drug-likeness (QED) is 0.620. The Kier molecular flexibility index (Phi) is 2.18. The zero-order chi connectivity index (χ0) is 9.10. The van der Waals surface area contributed by atoms with Crippen LogP contribution in [0, 0.1) is 0 Å². The molecule has 68 valence electrons. The molecule has 0 N–H and O–H groups in total. The molecule has 0 atom stereocenters. The van der Waals surface area contributed by atoms with Crippen LogP contribution < -0.4 is 0 Å². The fourth-order valence-corrected chi connectivity index (χ4v) is 1.13. The second-order valence-electron chi connectivity index (χ2n) is 2.67. The lowest BCUT2D eigenvalue weighted by molar-refractivity contribution is -0.0775. The molecule has 0 radical (unpaired) electrons. The van der Waals surface area contributed by atoms with E-state index in [9.17, 15) is 4.79 Å². The highest BCUT2D eigenvalue weighted by molar-refractivity contribution is 5.89. The Morgan fingerprint density at radius 2 is 2.23 bits per heavy atom. The number of carbonyl (C=O) groups excluding carboxylic acids is 1. The van der Waals surface area contributed by atoms with Crippen LogP contribution in [-0.2, 0) is 4.84 Å². The first-order valence-corrected chi connectivity index (χ1v) is 4.10. The van der Waals surface area contributed by atoms with Gasteiger partial charge < -0.3 is 0 Å². The van der Waals surface area contributed by atoms with Crippen molar-refractivity contribution in [3.63, 3.8) is 0 Å². The summed E-state index contributed by atoms with van der Waals surface area (Å²) < 4.78 is 0. The molecular formula is C8H9N3O2. The molecule has 0 saturated carbocycles. The number of rotatable bonds is 1. The van der Waals surface area contributed by atoms with Gasteiger partial charge in [-0.1, -0.05) is 0 Å². The first-order valence-electron chi connectivity index (χ1n) is 4.10. The van der Waals surface area contributed by atoms with Crippen molar-refractivity contribution in [1.29, 1.82) is 0 Å². The van der Waals surface area contributed by atoms with Crippen LogP contribution in [0.3, 0.4) is 0 Å². The lowest BCUT2D eigenvalue weighted by Crippen LogP contribution is -2.28. The molecule has 5 nitrogen and oxygen atoms in total. The predicted molar refractivity (Wildman–Crippen MR) is 43.6 cm³/mol. The smallest absolute Gasteiger partial charge is 0.271 e. The van der Waals surface area contributed by atoms with Crippen molar-refractivity contribution in [2.75, 3.05) is 13.2 Å². The maximum atomic E-state index is 11.5. The fraction of sp³-hybridized carbons (Fsp3) is 0.375. The molecule has 1 aliphatic rings. The molecule has 1 saturated heterocycles. The van der Waals surface area contributed by atoms with Crippen LogP contribution in [0.4, 0.5) is 0 Å². The van der Waals surface area contributed by atoms with E-state index >= 15 is 0 Å². The number of nitrogens with zero attached hydrogens (tertiary/aromatic N) is 3. The van der Waals surface area contributed by atoms with Crippen molar-refractivity contribution >= 4 is 5.91 Å². The maximum absolute atomic E-state index is 11.5. The van der Waals surface area contributed by atoms with Crippen molar-refractivity contribution in [1.82, 2.24) is 15.0 Å². The second-order valence-corrected chi connectivity index (χ2v) is 2.67. The van der Waals surface area contributed by atoms with E-state index in [2.05, 4.69) is 9.97 Å². The van der Waals surface area contributed by atoms with Gasteiger partial charge in [0.1, 0.15) is 0 Å². The van der Waals surface area contributed by atoms with Gasteiger partial charge in [-0.15, -0.1) is 0 Å². The third-order valence-corrected chi connectivity index (χ3v) is 1.74. The van der Waals surface area contributed by atoms with Crippen LogP contribution in [0.2, 0.25) is 0 Å². The van der Waals surface area contributed by atoms with Gasteiger partial charge in [-0.25, -0.2) is 15.0 Å². The van der Waals surface area contributed by atoms with Gasteiger partial charge in [0, 0.05) is 12.4 Å². The summed E-state index contributed by atoms with van der Waals surface area (Å²) in [6, 6.07) is 1.67.